The Kier molecular flexibility index (Phi) is 7.80. The molecule has 5 aromatic rings. The van der Waals surface area contributed by atoms with E-state index in [9.17, 15) is 5.26 Å². The van der Waals surface area contributed by atoms with Crippen molar-refractivity contribution >= 4 is 45.2 Å². The molecule has 10 rings (SSSR count). The molecule has 5 aliphatic rings. The SMILES string of the molecule is CC1=Cc2c(n(C3=CC=CCC3C#N)c3ccc(C4CC=CC=C4C4C=CC=CC4C4=c5c(c6ccccc6n5-c5ccccc5)=CCC4)cc23)CC1. The first-order chi connectivity index (χ1) is 26.2. The molecule has 0 saturated heterocycles. The summed E-state index contributed by atoms with van der Waals surface area (Å²) >= 11 is 0. The van der Waals surface area contributed by atoms with Crippen LogP contribution in [-0.2, 0) is 6.42 Å². The molecular weight excluding hydrogens is 643 g/mol. The number of hydrogen-bond donors (Lipinski definition) is 0. The van der Waals surface area contributed by atoms with Gasteiger partial charge in [0.05, 0.1) is 28.4 Å². The molecule has 0 radical (unpaired) electrons. The molecule has 53 heavy (non-hydrogen) atoms. The summed E-state index contributed by atoms with van der Waals surface area (Å²) < 4.78 is 4.95. The van der Waals surface area contributed by atoms with E-state index in [0.29, 0.717) is 0 Å². The fourth-order valence-corrected chi connectivity index (χ4v) is 9.93. The van der Waals surface area contributed by atoms with Crippen molar-refractivity contribution in [2.45, 2.75) is 51.4 Å². The highest BCUT2D eigenvalue weighted by Gasteiger charge is 2.33. The third-order valence-electron chi connectivity index (χ3n) is 12.3. The Balaban J connectivity index is 1.12. The van der Waals surface area contributed by atoms with Crippen LogP contribution in [0.5, 0.6) is 0 Å². The number of fused-ring (bicyclic) bond motifs is 6. The maximum absolute atomic E-state index is 10.1. The monoisotopic (exact) mass is 685 g/mol. The Morgan fingerprint density at radius 1 is 0.736 bits per heavy atom. The Morgan fingerprint density at radius 3 is 2.42 bits per heavy atom. The molecule has 0 saturated carbocycles. The van der Waals surface area contributed by atoms with E-state index < -0.39 is 0 Å². The summed E-state index contributed by atoms with van der Waals surface area (Å²) in [5.74, 6) is 0.657. The highest BCUT2D eigenvalue weighted by Crippen LogP contribution is 2.46. The number of para-hydroxylation sites is 2. The van der Waals surface area contributed by atoms with Gasteiger partial charge in [-0.15, -0.1) is 0 Å². The van der Waals surface area contributed by atoms with Crippen LogP contribution in [0.25, 0.3) is 50.9 Å². The quantitative estimate of drug-likeness (QED) is 0.181. The van der Waals surface area contributed by atoms with Crippen LogP contribution in [0.1, 0.15) is 61.8 Å². The predicted molar refractivity (Wildman–Crippen MR) is 221 cm³/mol. The normalized spacial score (nSPS) is 23.2. The van der Waals surface area contributed by atoms with Crippen molar-refractivity contribution in [3.05, 3.63) is 172 Å². The number of hydrogen-bond acceptors (Lipinski definition) is 1. The van der Waals surface area contributed by atoms with E-state index in [1.165, 1.54) is 71.6 Å². The predicted octanol–water partition coefficient (Wildman–Crippen LogP) is 10.6. The van der Waals surface area contributed by atoms with Gasteiger partial charge < -0.3 is 9.13 Å². The van der Waals surface area contributed by atoms with Crippen LogP contribution in [-0.4, -0.2) is 9.13 Å². The average Bonchev–Trinajstić information content (AvgIpc) is 3.73. The van der Waals surface area contributed by atoms with Gasteiger partial charge in [0.2, 0.25) is 0 Å². The van der Waals surface area contributed by atoms with Crippen molar-refractivity contribution in [3.63, 3.8) is 0 Å². The molecule has 2 aromatic heterocycles. The number of rotatable bonds is 5. The maximum atomic E-state index is 10.1. The zero-order valence-corrected chi connectivity index (χ0v) is 30.3. The molecule has 3 nitrogen and oxygen atoms in total. The minimum atomic E-state index is -0.136. The lowest BCUT2D eigenvalue weighted by Crippen LogP contribution is -2.37. The van der Waals surface area contributed by atoms with E-state index in [2.05, 4.69) is 168 Å². The van der Waals surface area contributed by atoms with Gasteiger partial charge in [0.25, 0.3) is 0 Å². The Morgan fingerprint density at radius 2 is 1.53 bits per heavy atom. The number of aromatic nitrogens is 2. The standard InChI is InChI=1S/C50H43N3/c1-33-26-28-48-44(30-33)45-31-34(27-29-49(45)53(48)46-24-11-5-14-35(46)32-51)37-17-6-7-18-38(37)39-19-8-9-20-40(39)42-22-13-23-43-41-21-10-12-25-47(41)52(50(42)43)36-15-3-2-4-16-36/h2-12,15-16,18-21,23-25,27,29-31,35,37,39-40H,13-14,17,22,26,28H2,1H3. The summed E-state index contributed by atoms with van der Waals surface area (Å²) in [6.45, 7) is 2.26. The molecule has 0 spiro atoms. The molecule has 0 N–H and O–H groups in total. The van der Waals surface area contributed by atoms with E-state index in [4.69, 9.17) is 0 Å². The van der Waals surface area contributed by atoms with Crippen LogP contribution in [0.3, 0.4) is 0 Å². The fourth-order valence-electron chi connectivity index (χ4n) is 9.93. The van der Waals surface area contributed by atoms with Gasteiger partial charge in [0.15, 0.2) is 0 Å². The summed E-state index contributed by atoms with van der Waals surface area (Å²) in [5, 5.41) is 15.5. The fraction of sp³-hybridized carbons (Fsp3) is 0.220. The van der Waals surface area contributed by atoms with Gasteiger partial charge in [-0.05, 0) is 93.0 Å². The smallest absolute Gasteiger partial charge is 0.0902 e. The number of nitriles is 1. The minimum Gasteiger partial charge on any atom is -0.315 e. The first-order valence-corrected chi connectivity index (χ1v) is 19.4. The van der Waals surface area contributed by atoms with Crippen LogP contribution in [0, 0.1) is 29.1 Å². The number of nitrogens with zero attached hydrogens (tertiary/aromatic N) is 3. The first-order valence-electron chi connectivity index (χ1n) is 19.4. The summed E-state index contributed by atoms with van der Waals surface area (Å²) in [6, 6.07) is 29.7. The van der Waals surface area contributed by atoms with Gasteiger partial charge in [-0.1, -0.05) is 120 Å². The second-order valence-electron chi connectivity index (χ2n) is 15.3. The highest BCUT2D eigenvalue weighted by molar-refractivity contribution is 5.96. The molecular formula is C50H43N3. The molecule has 258 valence electrons. The Hall–Kier alpha value is -5.85. The van der Waals surface area contributed by atoms with Gasteiger partial charge in [0, 0.05) is 56.4 Å². The van der Waals surface area contributed by atoms with E-state index in [1.54, 1.807) is 0 Å². The molecule has 5 aliphatic carbocycles. The largest absolute Gasteiger partial charge is 0.315 e. The summed E-state index contributed by atoms with van der Waals surface area (Å²) in [6.07, 6.45) is 33.7. The molecule has 3 aromatic carbocycles. The van der Waals surface area contributed by atoms with Gasteiger partial charge >= 0.3 is 0 Å². The Bertz CT molecular complexity index is 2710. The van der Waals surface area contributed by atoms with Gasteiger partial charge in [-0.2, -0.15) is 5.26 Å². The second kappa shape index (κ2) is 13.0. The molecule has 4 atom stereocenters. The van der Waals surface area contributed by atoms with Crippen LogP contribution in [0.2, 0.25) is 0 Å². The third-order valence-corrected chi connectivity index (χ3v) is 12.3. The van der Waals surface area contributed by atoms with Crippen molar-refractivity contribution in [1.82, 2.24) is 9.13 Å². The topological polar surface area (TPSA) is 33.6 Å². The van der Waals surface area contributed by atoms with Gasteiger partial charge in [0.1, 0.15) is 0 Å². The molecule has 0 amide bonds. The molecule has 0 aliphatic heterocycles. The van der Waals surface area contributed by atoms with E-state index in [1.807, 2.05) is 0 Å². The average molecular weight is 686 g/mol. The van der Waals surface area contributed by atoms with Crippen LogP contribution >= 0.6 is 0 Å². The van der Waals surface area contributed by atoms with Crippen molar-refractivity contribution in [2.75, 3.05) is 0 Å². The molecule has 4 unspecified atom stereocenters. The van der Waals surface area contributed by atoms with Crippen LogP contribution in [0.15, 0.2) is 145 Å². The first kappa shape index (κ1) is 31.9. The highest BCUT2D eigenvalue weighted by atomic mass is 15.0. The molecule has 2 heterocycles. The van der Waals surface area contributed by atoms with Crippen molar-refractivity contribution in [3.8, 4) is 11.8 Å². The zero-order chi connectivity index (χ0) is 35.5. The van der Waals surface area contributed by atoms with Crippen molar-refractivity contribution in [2.24, 2.45) is 17.8 Å². The van der Waals surface area contributed by atoms with E-state index >= 15 is 0 Å². The maximum Gasteiger partial charge on any atom is 0.0902 e. The van der Waals surface area contributed by atoms with Crippen molar-refractivity contribution < 1.29 is 0 Å². The minimum absolute atomic E-state index is 0.136. The third kappa shape index (κ3) is 5.15. The number of benzene rings is 3. The van der Waals surface area contributed by atoms with Crippen LogP contribution < -0.4 is 10.6 Å². The van der Waals surface area contributed by atoms with Crippen LogP contribution in [0.4, 0.5) is 0 Å². The lowest BCUT2D eigenvalue weighted by atomic mass is 9.69. The summed E-state index contributed by atoms with van der Waals surface area (Å²) in [4.78, 5) is 0. The van der Waals surface area contributed by atoms with E-state index in [0.717, 1.165) is 44.2 Å². The second-order valence-corrected chi connectivity index (χ2v) is 15.3. The molecule has 0 bridgehead atoms. The molecule has 3 heteroatoms. The summed E-state index contributed by atoms with van der Waals surface area (Å²) in [7, 11) is 0. The van der Waals surface area contributed by atoms with E-state index in [-0.39, 0.29) is 23.7 Å². The summed E-state index contributed by atoms with van der Waals surface area (Å²) in [5.41, 5.74) is 13.3. The van der Waals surface area contributed by atoms with Crippen molar-refractivity contribution in [1.29, 1.82) is 5.26 Å². The Labute approximate surface area is 311 Å². The lowest BCUT2D eigenvalue weighted by molar-refractivity contribution is 0.570. The number of allylic oxidation sites excluding steroid dienone is 13. The molecule has 0 fully saturated rings. The lowest BCUT2D eigenvalue weighted by Gasteiger charge is -2.34. The van der Waals surface area contributed by atoms with Gasteiger partial charge in [-0.25, -0.2) is 0 Å². The zero-order valence-electron chi connectivity index (χ0n) is 30.3. The van der Waals surface area contributed by atoms with Gasteiger partial charge in [-0.3, -0.25) is 0 Å².